The highest BCUT2D eigenvalue weighted by atomic mass is 19.3. The molecule has 0 bridgehead atoms. The summed E-state index contributed by atoms with van der Waals surface area (Å²) in [5.74, 6) is 0.277. The van der Waals surface area contributed by atoms with Crippen molar-refractivity contribution in [3.05, 3.63) is 59.9 Å². The number of ether oxygens (including phenoxy) is 1. The number of hydrogen-bond acceptors (Lipinski definition) is 5. The average molecular weight is 421 g/mol. The summed E-state index contributed by atoms with van der Waals surface area (Å²) in [6.07, 6.45) is 2.17. The second-order valence-electron chi connectivity index (χ2n) is 6.11. The van der Waals surface area contributed by atoms with Gasteiger partial charge in [0.1, 0.15) is 5.75 Å². The Kier molecular flexibility index (Phi) is 9.46. The molecule has 1 aromatic heterocycles. The van der Waals surface area contributed by atoms with Gasteiger partial charge in [0.15, 0.2) is 5.96 Å². The van der Waals surface area contributed by atoms with Crippen molar-refractivity contribution < 1.29 is 23.4 Å². The number of guanidine groups is 1. The van der Waals surface area contributed by atoms with Gasteiger partial charge in [0.05, 0.1) is 18.2 Å². The number of nitrogens with zero attached hydrogens (tertiary/aromatic N) is 2. The van der Waals surface area contributed by atoms with Gasteiger partial charge in [0.25, 0.3) is 5.91 Å². The third-order valence-corrected chi connectivity index (χ3v) is 3.88. The Morgan fingerprint density at radius 2 is 1.90 bits per heavy atom. The summed E-state index contributed by atoms with van der Waals surface area (Å²) in [6.45, 7) is 0.475. The molecule has 0 spiro atoms. The summed E-state index contributed by atoms with van der Waals surface area (Å²) in [6, 6.07) is 9.10. The lowest BCUT2D eigenvalue weighted by atomic mass is 10.1. The predicted molar refractivity (Wildman–Crippen MR) is 109 cm³/mol. The van der Waals surface area contributed by atoms with Crippen LogP contribution in [0.1, 0.15) is 28.9 Å². The molecule has 1 heterocycles. The van der Waals surface area contributed by atoms with Crippen molar-refractivity contribution in [2.45, 2.75) is 19.6 Å². The van der Waals surface area contributed by atoms with Crippen LogP contribution < -0.4 is 20.7 Å². The molecular weight excluding hydrogens is 396 g/mol. The van der Waals surface area contributed by atoms with E-state index >= 15 is 0 Å². The van der Waals surface area contributed by atoms with Crippen molar-refractivity contribution in [1.29, 1.82) is 0 Å². The van der Waals surface area contributed by atoms with E-state index < -0.39 is 12.7 Å². The Hall–Kier alpha value is -3.27. The maximum atomic E-state index is 12.2. The van der Waals surface area contributed by atoms with Crippen molar-refractivity contribution >= 4 is 11.9 Å². The summed E-state index contributed by atoms with van der Waals surface area (Å²) in [5, 5.41) is 19.1. The summed E-state index contributed by atoms with van der Waals surface area (Å²) < 4.78 is 28.7. The molecule has 0 saturated heterocycles. The highest BCUT2D eigenvalue weighted by molar-refractivity contribution is 5.93. The van der Waals surface area contributed by atoms with Crippen molar-refractivity contribution in [1.82, 2.24) is 20.9 Å². The van der Waals surface area contributed by atoms with E-state index in [1.807, 2.05) is 6.92 Å². The van der Waals surface area contributed by atoms with Crippen LogP contribution >= 0.6 is 0 Å². The number of rotatable bonds is 10. The first-order valence-corrected chi connectivity index (χ1v) is 9.42. The fraction of sp³-hybridized carbons (Fsp3) is 0.350. The fourth-order valence-electron chi connectivity index (χ4n) is 2.45. The van der Waals surface area contributed by atoms with E-state index in [-0.39, 0.29) is 18.2 Å². The molecule has 2 rings (SSSR count). The van der Waals surface area contributed by atoms with Gasteiger partial charge in [-0.3, -0.25) is 14.8 Å². The fourth-order valence-corrected chi connectivity index (χ4v) is 2.45. The molecule has 2 aromatic rings. The maximum Gasteiger partial charge on any atom is 0.387 e. The minimum atomic E-state index is -2.90. The largest absolute Gasteiger partial charge is 0.435 e. The molecular formula is C20H25F2N5O3. The second-order valence-corrected chi connectivity index (χ2v) is 6.11. The number of carbonyl (C=O) groups is 1. The number of pyridine rings is 1. The summed E-state index contributed by atoms with van der Waals surface area (Å²) >= 11 is 0. The van der Waals surface area contributed by atoms with Gasteiger partial charge in [-0.05, 0) is 36.8 Å². The van der Waals surface area contributed by atoms with Gasteiger partial charge < -0.3 is 25.8 Å². The number of aromatic nitrogens is 1. The van der Waals surface area contributed by atoms with Crippen LogP contribution in [0.3, 0.4) is 0 Å². The highest BCUT2D eigenvalue weighted by Gasteiger charge is 2.10. The number of aliphatic hydroxyl groups excluding tert-OH is 1. The number of carbonyl (C=O) groups excluding carboxylic acids is 1. The van der Waals surface area contributed by atoms with Gasteiger partial charge in [-0.15, -0.1) is 0 Å². The molecule has 1 unspecified atom stereocenters. The first-order valence-electron chi connectivity index (χ1n) is 9.42. The minimum Gasteiger partial charge on any atom is -0.435 e. The lowest BCUT2D eigenvalue weighted by Gasteiger charge is -2.14. The molecule has 10 heteroatoms. The molecule has 4 N–H and O–H groups in total. The molecule has 1 amide bonds. The Labute approximate surface area is 173 Å². The molecule has 30 heavy (non-hydrogen) atoms. The Morgan fingerprint density at radius 1 is 1.17 bits per heavy atom. The van der Waals surface area contributed by atoms with Gasteiger partial charge in [0.2, 0.25) is 0 Å². The monoisotopic (exact) mass is 421 g/mol. The molecule has 0 radical (unpaired) electrons. The SMILES string of the molecule is CCNC(=NCC(O)c1ccc(OC(F)F)cc1)NCCNC(=O)c1cccnc1. The van der Waals surface area contributed by atoms with Crippen LogP contribution in [0, 0.1) is 0 Å². The number of aliphatic hydroxyl groups is 1. The van der Waals surface area contributed by atoms with Crippen LogP contribution in [-0.2, 0) is 0 Å². The molecule has 0 saturated carbocycles. The van der Waals surface area contributed by atoms with Crippen molar-refractivity contribution in [2.75, 3.05) is 26.2 Å². The summed E-state index contributed by atoms with van der Waals surface area (Å²) in [4.78, 5) is 20.2. The lowest BCUT2D eigenvalue weighted by Crippen LogP contribution is -2.41. The van der Waals surface area contributed by atoms with Gasteiger partial charge in [-0.25, -0.2) is 0 Å². The maximum absolute atomic E-state index is 12.2. The number of amides is 1. The molecule has 0 aliphatic carbocycles. The minimum absolute atomic E-state index is 0.0211. The van der Waals surface area contributed by atoms with E-state index in [0.29, 0.717) is 36.7 Å². The normalized spacial score (nSPS) is 12.4. The molecule has 0 aliphatic heterocycles. The third kappa shape index (κ3) is 8.00. The van der Waals surface area contributed by atoms with E-state index in [0.717, 1.165) is 0 Å². The molecule has 1 aromatic carbocycles. The van der Waals surface area contributed by atoms with Gasteiger partial charge in [0, 0.05) is 32.0 Å². The zero-order valence-corrected chi connectivity index (χ0v) is 16.5. The van der Waals surface area contributed by atoms with Crippen LogP contribution in [0.15, 0.2) is 53.8 Å². The van der Waals surface area contributed by atoms with Crippen LogP contribution in [0.2, 0.25) is 0 Å². The Morgan fingerprint density at radius 3 is 2.53 bits per heavy atom. The number of alkyl halides is 2. The second kappa shape index (κ2) is 12.3. The van der Waals surface area contributed by atoms with Crippen LogP contribution in [0.5, 0.6) is 5.75 Å². The van der Waals surface area contributed by atoms with E-state index in [1.54, 1.807) is 18.3 Å². The van der Waals surface area contributed by atoms with E-state index in [9.17, 15) is 18.7 Å². The smallest absolute Gasteiger partial charge is 0.387 e. The summed E-state index contributed by atoms with van der Waals surface area (Å²) in [5.41, 5.74) is 1.01. The molecule has 1 atom stereocenters. The van der Waals surface area contributed by atoms with Gasteiger partial charge >= 0.3 is 6.61 Å². The van der Waals surface area contributed by atoms with Gasteiger partial charge in [-0.1, -0.05) is 12.1 Å². The standard InChI is InChI=1S/C20H25F2N5O3/c1-2-24-20(26-11-10-25-18(29)15-4-3-9-23-12-15)27-13-17(28)14-5-7-16(8-6-14)30-19(21)22/h3-9,12,17,19,28H,2,10-11,13H2,1H3,(H,25,29)(H2,24,26,27). The summed E-state index contributed by atoms with van der Waals surface area (Å²) in [7, 11) is 0. The van der Waals surface area contributed by atoms with Crippen LogP contribution in [0.25, 0.3) is 0 Å². The number of hydrogen-bond donors (Lipinski definition) is 4. The quantitative estimate of drug-likeness (QED) is 0.264. The van der Waals surface area contributed by atoms with Crippen molar-refractivity contribution in [2.24, 2.45) is 4.99 Å². The van der Waals surface area contributed by atoms with E-state index in [2.05, 4.69) is 30.7 Å². The number of benzene rings is 1. The lowest BCUT2D eigenvalue weighted by molar-refractivity contribution is -0.0498. The van der Waals surface area contributed by atoms with Crippen LogP contribution in [-0.4, -0.2) is 54.7 Å². The number of aliphatic imine (C=N–C) groups is 1. The Balaban J connectivity index is 1.80. The zero-order chi connectivity index (χ0) is 21.8. The predicted octanol–water partition coefficient (Wildman–Crippen LogP) is 1.70. The topological polar surface area (TPSA) is 108 Å². The first-order chi connectivity index (χ1) is 14.5. The van der Waals surface area contributed by atoms with E-state index in [1.165, 1.54) is 30.5 Å². The van der Waals surface area contributed by atoms with E-state index in [4.69, 9.17) is 0 Å². The van der Waals surface area contributed by atoms with Crippen molar-refractivity contribution in [3.8, 4) is 5.75 Å². The highest BCUT2D eigenvalue weighted by Crippen LogP contribution is 2.19. The average Bonchev–Trinajstić information content (AvgIpc) is 2.75. The molecule has 0 fully saturated rings. The number of halogens is 2. The molecule has 8 nitrogen and oxygen atoms in total. The third-order valence-electron chi connectivity index (χ3n) is 3.88. The zero-order valence-electron chi connectivity index (χ0n) is 16.5. The molecule has 162 valence electrons. The van der Waals surface area contributed by atoms with Crippen molar-refractivity contribution in [3.63, 3.8) is 0 Å². The molecule has 0 aliphatic rings. The van der Waals surface area contributed by atoms with Crippen LogP contribution in [0.4, 0.5) is 8.78 Å². The van der Waals surface area contributed by atoms with Gasteiger partial charge in [-0.2, -0.15) is 8.78 Å². The Bertz CT molecular complexity index is 804. The number of nitrogens with one attached hydrogen (secondary N) is 3. The first kappa shape index (κ1) is 23.0.